The molecule has 7 nitrogen and oxygen atoms in total. The van der Waals surface area contributed by atoms with Crippen LogP contribution in [0.2, 0.25) is 0 Å². The van der Waals surface area contributed by atoms with Gasteiger partial charge in [-0.3, -0.25) is 9.89 Å². The third-order valence-electron chi connectivity index (χ3n) is 4.63. The van der Waals surface area contributed by atoms with Gasteiger partial charge in [0.2, 0.25) is 0 Å². The second-order valence-electron chi connectivity index (χ2n) is 6.44. The van der Waals surface area contributed by atoms with E-state index >= 15 is 0 Å². The summed E-state index contributed by atoms with van der Waals surface area (Å²) in [6.45, 7) is 4.14. The quantitative estimate of drug-likeness (QED) is 0.666. The summed E-state index contributed by atoms with van der Waals surface area (Å²) < 4.78 is 32.9. The molecule has 1 aliphatic heterocycles. The number of rotatable bonds is 3. The van der Waals surface area contributed by atoms with Crippen LogP contribution in [0.3, 0.4) is 0 Å². The third kappa shape index (κ3) is 2.74. The lowest BCUT2D eigenvalue weighted by molar-refractivity contribution is 0.0923. The molecule has 3 heterocycles. The molecular weight excluding hydrogens is 344 g/mol. The second kappa shape index (κ2) is 6.17. The van der Waals surface area contributed by atoms with E-state index in [-0.39, 0.29) is 28.6 Å². The Balaban J connectivity index is 1.61. The Morgan fingerprint density at radius 1 is 1.31 bits per heavy atom. The minimum absolute atomic E-state index is 0.178. The number of hydrogen-bond acceptors (Lipinski definition) is 4. The molecule has 1 fully saturated rings. The predicted octanol–water partition coefficient (Wildman–Crippen LogP) is 2.09. The van der Waals surface area contributed by atoms with Gasteiger partial charge >= 0.3 is 0 Å². The number of aromatic nitrogens is 4. The summed E-state index contributed by atoms with van der Waals surface area (Å²) in [4.78, 5) is 19.8. The molecule has 136 valence electrons. The molecule has 4 rings (SSSR count). The number of carbonyl (C=O) groups is 1. The van der Waals surface area contributed by atoms with E-state index in [9.17, 15) is 13.6 Å². The molecule has 3 aromatic rings. The molecule has 2 atom stereocenters. The van der Waals surface area contributed by atoms with Crippen molar-refractivity contribution < 1.29 is 18.3 Å². The van der Waals surface area contributed by atoms with Gasteiger partial charge in [-0.15, -0.1) is 0 Å². The van der Waals surface area contributed by atoms with Crippen LogP contribution in [-0.4, -0.2) is 45.3 Å². The Labute approximate surface area is 147 Å². The predicted molar refractivity (Wildman–Crippen MR) is 88.9 cm³/mol. The van der Waals surface area contributed by atoms with Gasteiger partial charge in [0.25, 0.3) is 5.91 Å². The molecule has 1 saturated heterocycles. The molecule has 1 aliphatic rings. The van der Waals surface area contributed by atoms with E-state index in [4.69, 9.17) is 4.74 Å². The maximum Gasteiger partial charge on any atom is 0.268 e. The fourth-order valence-electron chi connectivity index (χ4n) is 3.35. The smallest absolute Gasteiger partial charge is 0.268 e. The minimum Gasteiger partial charge on any atom is -0.378 e. The number of hydrogen-bond donors (Lipinski definition) is 3. The number of nitrogens with one attached hydrogen (secondary N) is 3. The number of aromatic amines is 2. The van der Waals surface area contributed by atoms with E-state index in [1.807, 2.05) is 0 Å². The fourth-order valence-corrected chi connectivity index (χ4v) is 3.35. The van der Waals surface area contributed by atoms with Gasteiger partial charge in [0.15, 0.2) is 5.82 Å². The van der Waals surface area contributed by atoms with Crippen molar-refractivity contribution in [1.29, 1.82) is 0 Å². The van der Waals surface area contributed by atoms with E-state index in [1.54, 1.807) is 13.8 Å². The second-order valence-corrected chi connectivity index (χ2v) is 6.44. The van der Waals surface area contributed by atoms with Gasteiger partial charge in [-0.1, -0.05) is 0 Å². The van der Waals surface area contributed by atoms with Crippen LogP contribution in [0, 0.1) is 25.5 Å². The molecule has 0 aliphatic carbocycles. The Morgan fingerprint density at radius 2 is 2.12 bits per heavy atom. The minimum atomic E-state index is -0.703. The van der Waals surface area contributed by atoms with Crippen LogP contribution in [0.25, 0.3) is 10.9 Å². The van der Waals surface area contributed by atoms with Crippen LogP contribution in [0.5, 0.6) is 0 Å². The Hall–Kier alpha value is -2.81. The SMILES string of the molecule is Cc1nc([C@@H]2COC[C@@H]2NC(=O)c2[nH]c3cc(F)cc(F)c3c2C)n[nH]1. The van der Waals surface area contributed by atoms with E-state index in [0.717, 1.165) is 6.07 Å². The summed E-state index contributed by atoms with van der Waals surface area (Å²) in [6.07, 6.45) is 0. The van der Waals surface area contributed by atoms with Gasteiger partial charge in [0.05, 0.1) is 30.7 Å². The molecule has 0 unspecified atom stereocenters. The summed E-state index contributed by atoms with van der Waals surface area (Å²) in [5.41, 5.74) is 0.870. The monoisotopic (exact) mass is 361 g/mol. The molecule has 0 spiro atoms. The van der Waals surface area contributed by atoms with Gasteiger partial charge in [0.1, 0.15) is 23.2 Å². The van der Waals surface area contributed by atoms with Crippen molar-refractivity contribution >= 4 is 16.8 Å². The Morgan fingerprint density at radius 3 is 2.85 bits per heavy atom. The molecule has 3 N–H and O–H groups in total. The molecular formula is C17H17F2N5O2. The summed E-state index contributed by atoms with van der Waals surface area (Å²) in [5, 5.41) is 10.0. The number of H-pyrrole nitrogens is 2. The number of amides is 1. The Bertz CT molecular complexity index is 997. The van der Waals surface area contributed by atoms with Crippen molar-refractivity contribution in [2.75, 3.05) is 13.2 Å². The normalized spacial score (nSPS) is 20.0. The topological polar surface area (TPSA) is 95.7 Å². The summed E-state index contributed by atoms with van der Waals surface area (Å²) in [7, 11) is 0. The summed E-state index contributed by atoms with van der Waals surface area (Å²) in [5.74, 6) is -0.736. The number of nitrogens with zero attached hydrogens (tertiary/aromatic N) is 2. The number of ether oxygens (including phenoxy) is 1. The fraction of sp³-hybridized carbons (Fsp3) is 0.353. The number of fused-ring (bicyclic) bond motifs is 1. The van der Waals surface area contributed by atoms with Gasteiger partial charge in [-0.25, -0.2) is 13.8 Å². The molecule has 0 radical (unpaired) electrons. The summed E-state index contributed by atoms with van der Waals surface area (Å²) in [6, 6.07) is 1.65. The molecule has 1 amide bonds. The highest BCUT2D eigenvalue weighted by molar-refractivity contribution is 6.01. The standard InChI is InChI=1S/C17H17F2N5O2/c1-7-14-11(19)3-9(18)4-12(14)21-15(7)17(25)22-13-6-26-5-10(13)16-20-8(2)23-24-16/h3-4,10,13,21H,5-6H2,1-2H3,(H,22,25)(H,20,23,24)/t10-,13+/m1/s1. The van der Waals surface area contributed by atoms with Crippen LogP contribution in [0.4, 0.5) is 8.78 Å². The first kappa shape index (κ1) is 16.6. The van der Waals surface area contributed by atoms with Crippen molar-refractivity contribution in [2.24, 2.45) is 0 Å². The number of carbonyl (C=O) groups excluding carboxylic acids is 1. The van der Waals surface area contributed by atoms with Gasteiger partial charge < -0.3 is 15.0 Å². The largest absolute Gasteiger partial charge is 0.378 e. The highest BCUT2D eigenvalue weighted by atomic mass is 19.1. The van der Waals surface area contributed by atoms with Crippen LogP contribution < -0.4 is 5.32 Å². The van der Waals surface area contributed by atoms with E-state index in [1.165, 1.54) is 6.07 Å². The third-order valence-corrected chi connectivity index (χ3v) is 4.63. The highest BCUT2D eigenvalue weighted by Gasteiger charge is 2.34. The van der Waals surface area contributed by atoms with Crippen molar-refractivity contribution in [3.63, 3.8) is 0 Å². The molecule has 0 saturated carbocycles. The van der Waals surface area contributed by atoms with Crippen molar-refractivity contribution in [3.8, 4) is 0 Å². The maximum atomic E-state index is 14.0. The van der Waals surface area contributed by atoms with Gasteiger partial charge in [-0.2, -0.15) is 5.10 Å². The van der Waals surface area contributed by atoms with Crippen molar-refractivity contribution in [1.82, 2.24) is 25.5 Å². The van der Waals surface area contributed by atoms with Crippen LogP contribution in [-0.2, 0) is 4.74 Å². The van der Waals surface area contributed by atoms with Crippen LogP contribution in [0.1, 0.15) is 33.6 Å². The molecule has 1 aromatic carbocycles. The zero-order valence-corrected chi connectivity index (χ0v) is 14.2. The van der Waals surface area contributed by atoms with Crippen LogP contribution in [0.15, 0.2) is 12.1 Å². The van der Waals surface area contributed by atoms with Crippen molar-refractivity contribution in [2.45, 2.75) is 25.8 Å². The van der Waals surface area contributed by atoms with Gasteiger partial charge in [0, 0.05) is 11.5 Å². The average Bonchev–Trinajstić information content (AvgIpc) is 3.26. The molecule has 9 heteroatoms. The lowest BCUT2D eigenvalue weighted by atomic mass is 10.0. The van der Waals surface area contributed by atoms with E-state index < -0.39 is 17.5 Å². The molecule has 26 heavy (non-hydrogen) atoms. The lowest BCUT2D eigenvalue weighted by Gasteiger charge is -2.16. The highest BCUT2D eigenvalue weighted by Crippen LogP contribution is 2.27. The van der Waals surface area contributed by atoms with Crippen molar-refractivity contribution in [3.05, 3.63) is 46.7 Å². The maximum absolute atomic E-state index is 14.0. The average molecular weight is 361 g/mol. The van der Waals surface area contributed by atoms with E-state index in [2.05, 4.69) is 25.5 Å². The zero-order valence-electron chi connectivity index (χ0n) is 14.2. The first-order chi connectivity index (χ1) is 12.4. The lowest BCUT2D eigenvalue weighted by Crippen LogP contribution is -2.39. The first-order valence-electron chi connectivity index (χ1n) is 8.19. The summed E-state index contributed by atoms with van der Waals surface area (Å²) >= 11 is 0. The zero-order chi connectivity index (χ0) is 18.4. The first-order valence-corrected chi connectivity index (χ1v) is 8.19. The number of halogens is 2. The van der Waals surface area contributed by atoms with E-state index in [0.29, 0.717) is 30.4 Å². The number of benzene rings is 1. The Kier molecular flexibility index (Phi) is 3.95. The van der Waals surface area contributed by atoms with Gasteiger partial charge in [-0.05, 0) is 25.5 Å². The molecule has 0 bridgehead atoms. The number of aryl methyl sites for hydroxylation is 2. The van der Waals surface area contributed by atoms with Crippen LogP contribution >= 0.6 is 0 Å². The molecule has 2 aromatic heterocycles.